The third-order valence-corrected chi connectivity index (χ3v) is 4.01. The summed E-state index contributed by atoms with van der Waals surface area (Å²) in [7, 11) is 0. The van der Waals surface area contributed by atoms with E-state index in [0.717, 1.165) is 39.0 Å². The highest BCUT2D eigenvalue weighted by molar-refractivity contribution is 5.85. The van der Waals surface area contributed by atoms with E-state index in [4.69, 9.17) is 0 Å². The third kappa shape index (κ3) is 3.59. The highest BCUT2D eigenvalue weighted by Crippen LogP contribution is 2.29. The van der Waals surface area contributed by atoms with Crippen LogP contribution in [-0.4, -0.2) is 37.0 Å². The van der Waals surface area contributed by atoms with Gasteiger partial charge in [0.15, 0.2) is 0 Å². The summed E-state index contributed by atoms with van der Waals surface area (Å²) in [6.07, 6.45) is 7.15. The van der Waals surface area contributed by atoms with E-state index in [1.54, 1.807) is 0 Å². The second-order valence-electron chi connectivity index (χ2n) is 5.55. The minimum Gasteiger partial charge on any atom is -0.342 e. The van der Waals surface area contributed by atoms with Crippen molar-refractivity contribution in [3.8, 4) is 0 Å². The standard InChI is InChI=1S/C13H24N2O.ClH/c1-13(7-6-8-14-11-13)12(16)15-9-4-2-3-5-10-15;/h14H,2-11H2,1H3;1H. The number of carbonyl (C=O) groups excluding carboxylic acids is 1. The molecule has 1 N–H and O–H groups in total. The van der Waals surface area contributed by atoms with E-state index < -0.39 is 0 Å². The smallest absolute Gasteiger partial charge is 0.229 e. The molecule has 3 nitrogen and oxygen atoms in total. The molecule has 2 rings (SSSR count). The summed E-state index contributed by atoms with van der Waals surface area (Å²) in [4.78, 5) is 14.6. The monoisotopic (exact) mass is 260 g/mol. The molecule has 0 saturated carbocycles. The predicted octanol–water partition coefficient (Wildman–Crippen LogP) is 2.20. The summed E-state index contributed by atoms with van der Waals surface area (Å²) in [5.41, 5.74) is -0.136. The zero-order valence-corrected chi connectivity index (χ0v) is 11.7. The number of nitrogens with zero attached hydrogens (tertiary/aromatic N) is 1. The van der Waals surface area contributed by atoms with Crippen molar-refractivity contribution in [3.05, 3.63) is 0 Å². The van der Waals surface area contributed by atoms with E-state index >= 15 is 0 Å². The van der Waals surface area contributed by atoms with Gasteiger partial charge in [-0.25, -0.2) is 0 Å². The van der Waals surface area contributed by atoms with E-state index in [1.807, 2.05) is 0 Å². The number of hydrogen-bond acceptors (Lipinski definition) is 2. The molecule has 2 aliphatic rings. The van der Waals surface area contributed by atoms with Crippen LogP contribution < -0.4 is 5.32 Å². The maximum absolute atomic E-state index is 12.5. The topological polar surface area (TPSA) is 32.3 Å². The summed E-state index contributed by atoms with van der Waals surface area (Å²) in [6, 6.07) is 0. The Labute approximate surface area is 111 Å². The first-order valence-electron chi connectivity index (χ1n) is 6.72. The Balaban J connectivity index is 0.00000144. The molecule has 0 radical (unpaired) electrons. The first-order chi connectivity index (χ1) is 7.72. The number of likely N-dealkylation sites (tertiary alicyclic amines) is 1. The van der Waals surface area contributed by atoms with Crippen LogP contribution in [-0.2, 0) is 4.79 Å². The number of nitrogens with one attached hydrogen (secondary N) is 1. The lowest BCUT2D eigenvalue weighted by Gasteiger charge is -2.37. The van der Waals surface area contributed by atoms with Gasteiger partial charge in [-0.3, -0.25) is 4.79 Å². The van der Waals surface area contributed by atoms with Gasteiger partial charge < -0.3 is 10.2 Å². The zero-order chi connectivity index (χ0) is 11.4. The quantitative estimate of drug-likeness (QED) is 0.784. The maximum atomic E-state index is 12.5. The van der Waals surface area contributed by atoms with E-state index in [0.29, 0.717) is 5.91 Å². The minimum absolute atomic E-state index is 0. The lowest BCUT2D eigenvalue weighted by Crippen LogP contribution is -2.50. The van der Waals surface area contributed by atoms with Crippen molar-refractivity contribution in [2.75, 3.05) is 26.2 Å². The Bertz CT molecular complexity index is 244. The first-order valence-corrected chi connectivity index (χ1v) is 6.72. The lowest BCUT2D eigenvalue weighted by atomic mass is 9.81. The summed E-state index contributed by atoms with van der Waals surface area (Å²) in [5, 5.41) is 3.36. The van der Waals surface area contributed by atoms with Crippen LogP contribution >= 0.6 is 12.4 Å². The highest BCUT2D eigenvalue weighted by Gasteiger charge is 2.37. The number of carbonyl (C=O) groups is 1. The van der Waals surface area contributed by atoms with Crippen LogP contribution in [0.2, 0.25) is 0 Å². The van der Waals surface area contributed by atoms with Crippen LogP contribution in [0.4, 0.5) is 0 Å². The normalized spacial score (nSPS) is 30.3. The summed E-state index contributed by atoms with van der Waals surface area (Å²) in [6.45, 7) is 6.03. The lowest BCUT2D eigenvalue weighted by molar-refractivity contribution is -0.142. The molecule has 4 heteroatoms. The Morgan fingerprint density at radius 1 is 1.12 bits per heavy atom. The van der Waals surface area contributed by atoms with Crippen LogP contribution in [0.3, 0.4) is 0 Å². The number of amides is 1. The minimum atomic E-state index is -0.136. The van der Waals surface area contributed by atoms with Gasteiger partial charge in [0.05, 0.1) is 5.41 Å². The molecule has 100 valence electrons. The zero-order valence-electron chi connectivity index (χ0n) is 10.8. The van der Waals surface area contributed by atoms with Crippen molar-refractivity contribution in [1.29, 1.82) is 0 Å². The van der Waals surface area contributed by atoms with Gasteiger partial charge in [0.2, 0.25) is 5.91 Å². The van der Waals surface area contributed by atoms with Gasteiger partial charge in [-0.1, -0.05) is 12.8 Å². The molecule has 0 spiro atoms. The van der Waals surface area contributed by atoms with E-state index in [9.17, 15) is 4.79 Å². The van der Waals surface area contributed by atoms with Crippen molar-refractivity contribution in [2.45, 2.75) is 45.4 Å². The molecule has 17 heavy (non-hydrogen) atoms. The van der Waals surface area contributed by atoms with Crippen LogP contribution in [0, 0.1) is 5.41 Å². The number of halogens is 1. The fraction of sp³-hybridized carbons (Fsp3) is 0.923. The Morgan fingerprint density at radius 2 is 1.76 bits per heavy atom. The van der Waals surface area contributed by atoms with Crippen molar-refractivity contribution < 1.29 is 4.79 Å². The molecular formula is C13H25ClN2O. The second kappa shape index (κ2) is 6.60. The fourth-order valence-electron chi connectivity index (χ4n) is 2.89. The van der Waals surface area contributed by atoms with Gasteiger partial charge in [0.25, 0.3) is 0 Å². The SMILES string of the molecule is CC1(C(=O)N2CCCCCC2)CCCNC1.Cl. The largest absolute Gasteiger partial charge is 0.342 e. The molecule has 0 bridgehead atoms. The fourth-order valence-corrected chi connectivity index (χ4v) is 2.89. The Kier molecular flexibility index (Phi) is 5.74. The molecule has 1 unspecified atom stereocenters. The van der Waals surface area contributed by atoms with Crippen molar-refractivity contribution in [1.82, 2.24) is 10.2 Å². The molecule has 0 aromatic carbocycles. The molecule has 2 fully saturated rings. The van der Waals surface area contributed by atoms with Gasteiger partial charge in [-0.15, -0.1) is 12.4 Å². The average Bonchev–Trinajstić information content (AvgIpc) is 2.57. The molecule has 2 saturated heterocycles. The molecule has 0 aromatic rings. The van der Waals surface area contributed by atoms with E-state index in [-0.39, 0.29) is 17.8 Å². The predicted molar refractivity (Wildman–Crippen MR) is 72.5 cm³/mol. The van der Waals surface area contributed by atoms with Crippen molar-refractivity contribution in [2.24, 2.45) is 5.41 Å². The Hall–Kier alpha value is -0.280. The van der Waals surface area contributed by atoms with Gasteiger partial charge in [-0.2, -0.15) is 0 Å². The summed E-state index contributed by atoms with van der Waals surface area (Å²) in [5.74, 6) is 0.390. The summed E-state index contributed by atoms with van der Waals surface area (Å²) < 4.78 is 0. The summed E-state index contributed by atoms with van der Waals surface area (Å²) >= 11 is 0. The first kappa shape index (κ1) is 14.8. The molecule has 1 amide bonds. The van der Waals surface area contributed by atoms with Crippen molar-refractivity contribution in [3.63, 3.8) is 0 Å². The Morgan fingerprint density at radius 3 is 2.29 bits per heavy atom. The number of hydrogen-bond donors (Lipinski definition) is 1. The molecule has 0 aromatic heterocycles. The molecule has 2 aliphatic heterocycles. The van der Waals surface area contributed by atoms with Crippen molar-refractivity contribution >= 4 is 18.3 Å². The maximum Gasteiger partial charge on any atom is 0.229 e. The second-order valence-corrected chi connectivity index (χ2v) is 5.55. The molecule has 0 aliphatic carbocycles. The molecular weight excluding hydrogens is 236 g/mol. The van der Waals surface area contributed by atoms with Crippen LogP contribution in [0.25, 0.3) is 0 Å². The van der Waals surface area contributed by atoms with Crippen LogP contribution in [0.15, 0.2) is 0 Å². The number of piperidine rings is 1. The third-order valence-electron chi connectivity index (χ3n) is 4.01. The highest BCUT2D eigenvalue weighted by atomic mass is 35.5. The van der Waals surface area contributed by atoms with Crippen LogP contribution in [0.1, 0.15) is 45.4 Å². The van der Waals surface area contributed by atoms with E-state index in [2.05, 4.69) is 17.1 Å². The molecule has 1 atom stereocenters. The van der Waals surface area contributed by atoms with Crippen LogP contribution in [0.5, 0.6) is 0 Å². The van der Waals surface area contributed by atoms with Gasteiger partial charge >= 0.3 is 0 Å². The average molecular weight is 261 g/mol. The number of rotatable bonds is 1. The van der Waals surface area contributed by atoms with Gasteiger partial charge in [0, 0.05) is 19.6 Å². The molecule has 2 heterocycles. The van der Waals surface area contributed by atoms with Gasteiger partial charge in [-0.05, 0) is 39.2 Å². The van der Waals surface area contributed by atoms with Gasteiger partial charge in [0.1, 0.15) is 0 Å². The van der Waals surface area contributed by atoms with E-state index in [1.165, 1.54) is 25.7 Å².